The number of imidazole rings is 1. The zero-order chi connectivity index (χ0) is 24.4. The maximum Gasteiger partial charge on any atom is 0.433 e. The zero-order valence-corrected chi connectivity index (χ0v) is 18.4. The molecule has 0 aliphatic carbocycles. The van der Waals surface area contributed by atoms with Crippen molar-refractivity contribution in [2.75, 3.05) is 36.0 Å². The van der Waals surface area contributed by atoms with Crippen molar-refractivity contribution in [2.45, 2.75) is 32.5 Å². The number of rotatable bonds is 4. The average molecular weight is 484 g/mol. The van der Waals surface area contributed by atoms with E-state index in [-0.39, 0.29) is 22.7 Å². The normalized spacial score (nSPS) is 17.9. The van der Waals surface area contributed by atoms with Crippen molar-refractivity contribution < 1.29 is 22.0 Å². The van der Waals surface area contributed by atoms with Gasteiger partial charge in [-0.05, 0) is 13.3 Å². The molecule has 14 heteroatoms. The van der Waals surface area contributed by atoms with Gasteiger partial charge in [-0.25, -0.2) is 28.5 Å². The molecular formula is C20H21F5N8O. The van der Waals surface area contributed by atoms with Crippen LogP contribution >= 0.6 is 0 Å². The minimum absolute atomic E-state index is 0.0539. The molecule has 3 aromatic heterocycles. The van der Waals surface area contributed by atoms with Crippen LogP contribution < -0.4 is 15.5 Å². The van der Waals surface area contributed by atoms with Crippen LogP contribution in [0.5, 0.6) is 0 Å². The molecule has 34 heavy (non-hydrogen) atoms. The number of anilines is 2. The van der Waals surface area contributed by atoms with Crippen molar-refractivity contribution in [3.8, 4) is 0 Å². The Labute approximate surface area is 189 Å². The predicted octanol–water partition coefficient (Wildman–Crippen LogP) is 2.23. The highest BCUT2D eigenvalue weighted by Crippen LogP contribution is 2.43. The summed E-state index contributed by atoms with van der Waals surface area (Å²) in [5.41, 5.74) is -1.23. The molecule has 2 fully saturated rings. The van der Waals surface area contributed by atoms with Crippen LogP contribution in [0, 0.1) is 12.3 Å². The molecule has 0 unspecified atom stereocenters. The topological polar surface area (TPSA) is 85.0 Å². The fraction of sp³-hybridized carbons (Fsp3) is 0.550. The minimum Gasteiger partial charge on any atom is -0.355 e. The Morgan fingerprint density at radius 3 is 2.50 bits per heavy atom. The van der Waals surface area contributed by atoms with Gasteiger partial charge in [-0.1, -0.05) is 0 Å². The third-order valence-corrected chi connectivity index (χ3v) is 6.41. The number of hydrogen-bond acceptors (Lipinski definition) is 7. The van der Waals surface area contributed by atoms with Gasteiger partial charge in [0.15, 0.2) is 5.65 Å². The molecule has 2 saturated heterocycles. The summed E-state index contributed by atoms with van der Waals surface area (Å²) in [6, 6.07) is 0.960. The fourth-order valence-corrected chi connectivity index (χ4v) is 4.77. The van der Waals surface area contributed by atoms with Crippen LogP contribution in [-0.2, 0) is 19.8 Å². The van der Waals surface area contributed by atoms with Crippen molar-refractivity contribution in [3.63, 3.8) is 0 Å². The number of halogens is 5. The SMILES string of the molecule is Cc1nc(N2CC3(CCN(c4ncc5c(n4)n(CC(F)F)c(=O)n5C)C3)C2)cc(C(F)(F)F)n1. The third kappa shape index (κ3) is 3.74. The van der Waals surface area contributed by atoms with Gasteiger partial charge in [0, 0.05) is 44.7 Å². The Morgan fingerprint density at radius 2 is 1.82 bits per heavy atom. The van der Waals surface area contributed by atoms with Gasteiger partial charge < -0.3 is 9.80 Å². The second-order valence-electron chi connectivity index (χ2n) is 8.91. The summed E-state index contributed by atoms with van der Waals surface area (Å²) in [5.74, 6) is 0.619. The standard InChI is InChI=1S/C20H21F5N8O/c1-11-27-13(20(23,24)25)5-15(28-11)32-9-19(10-32)3-4-31(8-19)17-26-6-12-16(29-17)33(7-14(21)22)18(34)30(12)2/h5-6,14H,3-4,7-10H2,1-2H3. The molecule has 0 saturated carbocycles. The summed E-state index contributed by atoms with van der Waals surface area (Å²) in [5, 5.41) is 0. The lowest BCUT2D eigenvalue weighted by Gasteiger charge is -2.48. The van der Waals surface area contributed by atoms with Gasteiger partial charge in [-0.2, -0.15) is 18.2 Å². The Bertz CT molecular complexity index is 1310. The molecule has 0 radical (unpaired) electrons. The van der Waals surface area contributed by atoms with Crippen LogP contribution in [0.1, 0.15) is 17.9 Å². The third-order valence-electron chi connectivity index (χ3n) is 6.41. The fourth-order valence-electron chi connectivity index (χ4n) is 4.77. The molecule has 0 aromatic carbocycles. The second kappa shape index (κ2) is 7.60. The molecular weight excluding hydrogens is 463 g/mol. The molecule has 3 aromatic rings. The van der Waals surface area contributed by atoms with E-state index < -0.39 is 30.5 Å². The summed E-state index contributed by atoms with van der Waals surface area (Å²) >= 11 is 0. The van der Waals surface area contributed by atoms with E-state index in [2.05, 4.69) is 19.9 Å². The van der Waals surface area contributed by atoms with Gasteiger partial charge in [-0.15, -0.1) is 0 Å². The minimum atomic E-state index is -4.55. The van der Waals surface area contributed by atoms with E-state index in [1.54, 1.807) is 4.90 Å². The van der Waals surface area contributed by atoms with Crippen LogP contribution in [0.3, 0.4) is 0 Å². The number of aromatic nitrogens is 6. The van der Waals surface area contributed by atoms with Crippen molar-refractivity contribution in [3.05, 3.63) is 34.3 Å². The van der Waals surface area contributed by atoms with Crippen molar-refractivity contribution >= 4 is 22.9 Å². The summed E-state index contributed by atoms with van der Waals surface area (Å²) in [4.78, 5) is 32.4. The first kappa shape index (κ1) is 22.5. The Balaban J connectivity index is 1.35. The van der Waals surface area contributed by atoms with Crippen LogP contribution in [0.15, 0.2) is 17.1 Å². The Kier molecular flexibility index (Phi) is 5.02. The van der Waals surface area contributed by atoms with Crippen LogP contribution in [0.2, 0.25) is 0 Å². The predicted molar refractivity (Wildman–Crippen MR) is 112 cm³/mol. The van der Waals surface area contributed by atoms with E-state index in [0.717, 1.165) is 17.1 Å². The molecule has 5 rings (SSSR count). The summed E-state index contributed by atoms with van der Waals surface area (Å²) < 4.78 is 67.5. The van der Waals surface area contributed by atoms with Gasteiger partial charge in [-0.3, -0.25) is 9.13 Å². The number of alkyl halides is 5. The molecule has 182 valence electrons. The highest BCUT2D eigenvalue weighted by molar-refractivity contribution is 5.72. The molecule has 0 amide bonds. The first-order valence-corrected chi connectivity index (χ1v) is 10.6. The summed E-state index contributed by atoms with van der Waals surface area (Å²) in [7, 11) is 1.47. The monoisotopic (exact) mass is 484 g/mol. The quantitative estimate of drug-likeness (QED) is 0.525. The van der Waals surface area contributed by atoms with Crippen molar-refractivity contribution in [2.24, 2.45) is 12.5 Å². The lowest BCUT2D eigenvalue weighted by molar-refractivity contribution is -0.141. The summed E-state index contributed by atoms with van der Waals surface area (Å²) in [6.07, 6.45) is -5.05. The van der Waals surface area contributed by atoms with E-state index in [4.69, 9.17) is 0 Å². The van der Waals surface area contributed by atoms with Crippen molar-refractivity contribution in [1.29, 1.82) is 0 Å². The Hall–Kier alpha value is -3.32. The van der Waals surface area contributed by atoms with E-state index >= 15 is 0 Å². The lowest BCUT2D eigenvalue weighted by Crippen LogP contribution is -2.58. The van der Waals surface area contributed by atoms with Crippen molar-refractivity contribution in [1.82, 2.24) is 29.1 Å². The van der Waals surface area contributed by atoms with Crippen LogP contribution in [0.25, 0.3) is 11.2 Å². The Morgan fingerprint density at radius 1 is 1.12 bits per heavy atom. The van der Waals surface area contributed by atoms with Gasteiger partial charge in [0.2, 0.25) is 5.95 Å². The lowest BCUT2D eigenvalue weighted by atomic mass is 9.79. The van der Waals surface area contributed by atoms with Crippen LogP contribution in [-0.4, -0.2) is 61.7 Å². The zero-order valence-electron chi connectivity index (χ0n) is 18.4. The number of hydrogen-bond donors (Lipinski definition) is 0. The molecule has 2 aliphatic rings. The van der Waals surface area contributed by atoms with Gasteiger partial charge >= 0.3 is 11.9 Å². The van der Waals surface area contributed by atoms with Gasteiger partial charge in [0.05, 0.1) is 12.7 Å². The van der Waals surface area contributed by atoms with E-state index in [0.29, 0.717) is 37.6 Å². The maximum absolute atomic E-state index is 13.1. The van der Waals surface area contributed by atoms with Gasteiger partial charge in [0.1, 0.15) is 22.9 Å². The molecule has 1 spiro atoms. The molecule has 0 bridgehead atoms. The number of fused-ring (bicyclic) bond motifs is 1. The van der Waals surface area contributed by atoms with Crippen LogP contribution in [0.4, 0.5) is 33.7 Å². The molecule has 9 nitrogen and oxygen atoms in total. The maximum atomic E-state index is 13.1. The highest BCUT2D eigenvalue weighted by Gasteiger charge is 2.49. The van der Waals surface area contributed by atoms with E-state index in [9.17, 15) is 26.7 Å². The molecule has 0 N–H and O–H groups in total. The first-order chi connectivity index (χ1) is 16.0. The first-order valence-electron chi connectivity index (χ1n) is 10.6. The number of aryl methyl sites for hydroxylation is 2. The average Bonchev–Trinajstić information content (AvgIpc) is 3.28. The molecule has 5 heterocycles. The highest BCUT2D eigenvalue weighted by atomic mass is 19.4. The second-order valence-corrected chi connectivity index (χ2v) is 8.91. The van der Waals surface area contributed by atoms with E-state index in [1.165, 1.54) is 24.7 Å². The summed E-state index contributed by atoms with van der Waals surface area (Å²) in [6.45, 7) is 2.85. The number of nitrogens with zero attached hydrogens (tertiary/aromatic N) is 8. The van der Waals surface area contributed by atoms with E-state index in [1.807, 2.05) is 4.90 Å². The molecule has 2 aliphatic heterocycles. The molecule has 0 atom stereocenters. The smallest absolute Gasteiger partial charge is 0.355 e. The largest absolute Gasteiger partial charge is 0.433 e. The van der Waals surface area contributed by atoms with Gasteiger partial charge in [0.25, 0.3) is 6.43 Å².